The summed E-state index contributed by atoms with van der Waals surface area (Å²) in [5.74, 6) is 0. The topological polar surface area (TPSA) is 58.0 Å². The van der Waals surface area contributed by atoms with Crippen LogP contribution in [-0.2, 0) is 11.3 Å². The van der Waals surface area contributed by atoms with Gasteiger partial charge < -0.3 is 14.7 Å². The van der Waals surface area contributed by atoms with Crippen LogP contribution < -0.4 is 0 Å². The first-order valence-corrected chi connectivity index (χ1v) is 9.42. The predicted molar refractivity (Wildman–Crippen MR) is 103 cm³/mol. The lowest BCUT2D eigenvalue weighted by Gasteiger charge is -2.31. The Bertz CT molecular complexity index is 792. The second-order valence-corrected chi connectivity index (χ2v) is 7.32. The van der Waals surface area contributed by atoms with Gasteiger partial charge in [-0.15, -0.1) is 0 Å². The van der Waals surface area contributed by atoms with Crippen molar-refractivity contribution in [2.45, 2.75) is 31.8 Å². The normalized spacial score (nSPS) is 15.8. The van der Waals surface area contributed by atoms with Gasteiger partial charge in [-0.25, -0.2) is 4.98 Å². The molecule has 0 aliphatic carbocycles. The number of hydrogen-bond donors (Lipinski definition) is 1. The number of aryl methyl sites for hydroxylation is 2. The molecule has 2 heterocycles. The Hall–Kier alpha value is -1.63. The van der Waals surface area contributed by atoms with Gasteiger partial charge in [0.15, 0.2) is 5.17 Å². The van der Waals surface area contributed by atoms with E-state index in [4.69, 9.17) is 9.72 Å². The zero-order chi connectivity index (χ0) is 17.8. The molecule has 0 bridgehead atoms. The van der Waals surface area contributed by atoms with Crippen molar-refractivity contribution in [3.8, 4) is 0 Å². The number of aliphatic imine (C=N–C) groups is 1. The van der Waals surface area contributed by atoms with Gasteiger partial charge in [0.25, 0.3) is 0 Å². The Balaban J connectivity index is 1.97. The number of nitrogens with zero attached hydrogens (tertiary/aromatic N) is 3. The number of hydrogen-bond acceptors (Lipinski definition) is 5. The Labute approximate surface area is 153 Å². The third kappa shape index (κ3) is 4.14. The van der Waals surface area contributed by atoms with E-state index in [1.807, 2.05) is 0 Å². The van der Waals surface area contributed by atoms with Crippen molar-refractivity contribution in [1.29, 1.82) is 0 Å². The number of ether oxygens (including phenoxy) is 1. The zero-order valence-corrected chi connectivity index (χ0v) is 15.9. The second kappa shape index (κ2) is 8.17. The highest BCUT2D eigenvalue weighted by atomic mass is 32.2. The van der Waals surface area contributed by atoms with E-state index >= 15 is 0 Å². The fraction of sp³-hybridized carbons (Fsp3) is 0.474. The molecule has 2 aromatic rings. The molecule has 0 radical (unpaired) electrons. The van der Waals surface area contributed by atoms with Gasteiger partial charge in [0, 0.05) is 37.8 Å². The molecule has 0 amide bonds. The Morgan fingerprint density at radius 2 is 2.16 bits per heavy atom. The standard InChI is InChI=1S/C19H25N3O2S/c1-13-9-14(2)17-15(10-13)11-16-12-22(6-4-7-23)19(20-5-8-24-3)25-18(16)21-17/h9-11,23H,4-8,12H2,1-3H3. The smallest absolute Gasteiger partial charge is 0.165 e. The summed E-state index contributed by atoms with van der Waals surface area (Å²) in [7, 11) is 1.69. The monoisotopic (exact) mass is 359 g/mol. The summed E-state index contributed by atoms with van der Waals surface area (Å²) in [5.41, 5.74) is 4.76. The van der Waals surface area contributed by atoms with Crippen LogP contribution in [0.2, 0.25) is 0 Å². The van der Waals surface area contributed by atoms with Crippen molar-refractivity contribution in [2.75, 3.05) is 33.4 Å². The highest BCUT2D eigenvalue weighted by molar-refractivity contribution is 8.13. The first kappa shape index (κ1) is 18.2. The molecule has 6 heteroatoms. The van der Waals surface area contributed by atoms with Gasteiger partial charge in [-0.1, -0.05) is 11.6 Å². The molecule has 0 atom stereocenters. The summed E-state index contributed by atoms with van der Waals surface area (Å²) in [6.07, 6.45) is 0.735. The van der Waals surface area contributed by atoms with E-state index < -0.39 is 0 Å². The molecule has 0 spiro atoms. The van der Waals surface area contributed by atoms with E-state index in [2.05, 4.69) is 41.9 Å². The van der Waals surface area contributed by atoms with E-state index in [9.17, 15) is 5.11 Å². The first-order chi connectivity index (χ1) is 12.1. The molecule has 0 unspecified atom stereocenters. The zero-order valence-electron chi connectivity index (χ0n) is 15.1. The Kier molecular flexibility index (Phi) is 5.93. The van der Waals surface area contributed by atoms with E-state index in [1.54, 1.807) is 18.9 Å². The van der Waals surface area contributed by atoms with Gasteiger partial charge in [0.1, 0.15) is 5.03 Å². The quantitative estimate of drug-likeness (QED) is 0.803. The first-order valence-electron chi connectivity index (χ1n) is 8.60. The minimum Gasteiger partial charge on any atom is -0.396 e. The van der Waals surface area contributed by atoms with E-state index in [-0.39, 0.29) is 6.61 Å². The molecule has 1 aliphatic heterocycles. The lowest BCUT2D eigenvalue weighted by molar-refractivity contribution is 0.207. The number of thioether (sulfide) groups is 1. The fourth-order valence-corrected chi connectivity index (χ4v) is 4.11. The molecule has 0 saturated carbocycles. The maximum absolute atomic E-state index is 9.19. The average Bonchev–Trinajstić information content (AvgIpc) is 2.58. The number of aliphatic hydroxyl groups excluding tert-OH is 1. The van der Waals surface area contributed by atoms with E-state index in [0.29, 0.717) is 13.2 Å². The summed E-state index contributed by atoms with van der Waals surface area (Å²) in [5, 5.41) is 12.4. The van der Waals surface area contributed by atoms with Crippen LogP contribution in [0.1, 0.15) is 23.1 Å². The van der Waals surface area contributed by atoms with Crippen molar-refractivity contribution >= 4 is 27.8 Å². The molecule has 0 saturated heterocycles. The molecule has 3 rings (SSSR count). The molecular formula is C19H25N3O2S. The van der Waals surface area contributed by atoms with Crippen LogP contribution in [0.25, 0.3) is 10.9 Å². The number of aromatic nitrogens is 1. The van der Waals surface area contributed by atoms with Crippen molar-refractivity contribution in [3.63, 3.8) is 0 Å². The van der Waals surface area contributed by atoms with Gasteiger partial charge in [-0.2, -0.15) is 0 Å². The minimum absolute atomic E-state index is 0.188. The van der Waals surface area contributed by atoms with Crippen LogP contribution >= 0.6 is 11.8 Å². The third-order valence-corrected chi connectivity index (χ3v) is 5.36. The molecule has 1 aliphatic rings. The van der Waals surface area contributed by atoms with Crippen molar-refractivity contribution < 1.29 is 9.84 Å². The molecule has 25 heavy (non-hydrogen) atoms. The molecule has 1 N–H and O–H groups in total. The van der Waals surface area contributed by atoms with Gasteiger partial charge >= 0.3 is 0 Å². The lowest BCUT2D eigenvalue weighted by atomic mass is 10.1. The van der Waals surface area contributed by atoms with Crippen LogP contribution in [-0.4, -0.2) is 53.6 Å². The summed E-state index contributed by atoms with van der Waals surface area (Å²) in [6, 6.07) is 6.62. The number of aliphatic hydroxyl groups is 1. The minimum atomic E-state index is 0.188. The maximum atomic E-state index is 9.19. The second-order valence-electron chi connectivity index (χ2n) is 6.36. The molecule has 1 aromatic carbocycles. The molecule has 134 valence electrons. The van der Waals surface area contributed by atoms with Crippen molar-refractivity contribution in [3.05, 3.63) is 34.9 Å². The number of pyridine rings is 1. The maximum Gasteiger partial charge on any atom is 0.165 e. The van der Waals surface area contributed by atoms with Gasteiger partial charge in [0.05, 0.1) is 18.7 Å². The lowest BCUT2D eigenvalue weighted by Crippen LogP contribution is -2.33. The Morgan fingerprint density at radius 3 is 2.92 bits per heavy atom. The number of rotatable bonds is 6. The van der Waals surface area contributed by atoms with Crippen LogP contribution in [0.15, 0.2) is 28.2 Å². The fourth-order valence-electron chi connectivity index (χ4n) is 3.11. The number of methoxy groups -OCH3 is 1. The molecule has 0 fully saturated rings. The SMILES string of the molecule is COCCN=C1Sc2nc3c(C)cc(C)cc3cc2CN1CCCO. The number of benzene rings is 1. The van der Waals surface area contributed by atoms with Gasteiger partial charge in [0.2, 0.25) is 0 Å². The highest BCUT2D eigenvalue weighted by Crippen LogP contribution is 2.34. The molecule has 1 aromatic heterocycles. The average molecular weight is 359 g/mol. The van der Waals surface area contributed by atoms with E-state index in [1.165, 1.54) is 22.1 Å². The summed E-state index contributed by atoms with van der Waals surface area (Å²) < 4.78 is 5.11. The van der Waals surface area contributed by atoms with Gasteiger partial charge in [-0.05, 0) is 49.7 Å². The van der Waals surface area contributed by atoms with Crippen LogP contribution in [0, 0.1) is 13.8 Å². The number of amidine groups is 1. The molecule has 5 nitrogen and oxygen atoms in total. The van der Waals surface area contributed by atoms with Crippen LogP contribution in [0.5, 0.6) is 0 Å². The van der Waals surface area contributed by atoms with E-state index in [0.717, 1.165) is 35.2 Å². The van der Waals surface area contributed by atoms with Crippen LogP contribution in [0.4, 0.5) is 0 Å². The predicted octanol–water partition coefficient (Wildman–Crippen LogP) is 3.14. The largest absolute Gasteiger partial charge is 0.396 e. The summed E-state index contributed by atoms with van der Waals surface area (Å²) in [6.45, 7) is 7.24. The third-order valence-electron chi connectivity index (χ3n) is 4.24. The summed E-state index contributed by atoms with van der Waals surface area (Å²) in [4.78, 5) is 11.8. The molecular weight excluding hydrogens is 334 g/mol. The van der Waals surface area contributed by atoms with Gasteiger partial charge in [-0.3, -0.25) is 4.99 Å². The highest BCUT2D eigenvalue weighted by Gasteiger charge is 2.24. The summed E-state index contributed by atoms with van der Waals surface area (Å²) >= 11 is 1.62. The van der Waals surface area contributed by atoms with Crippen molar-refractivity contribution in [1.82, 2.24) is 9.88 Å². The van der Waals surface area contributed by atoms with Crippen LogP contribution in [0.3, 0.4) is 0 Å². The van der Waals surface area contributed by atoms with Crippen molar-refractivity contribution in [2.24, 2.45) is 4.99 Å². The Morgan fingerprint density at radius 1 is 1.32 bits per heavy atom. The number of fused-ring (bicyclic) bond motifs is 2.